The molecule has 0 saturated carbocycles. The van der Waals surface area contributed by atoms with Crippen LogP contribution in [0.2, 0.25) is 5.31 Å². The highest BCUT2D eigenvalue weighted by atomic mass is 32.2. The monoisotopic (exact) mass is 158 g/mol. The summed E-state index contributed by atoms with van der Waals surface area (Å²) in [6.45, 7) is 12.7. The van der Waals surface area contributed by atoms with Crippen molar-refractivity contribution in [3.63, 3.8) is 0 Å². The standard InChI is InChI=1S/C8H19BS/c1-7(2)6-10-9-8(3,4)5/h7,9H,6H2,1-5H3. The van der Waals surface area contributed by atoms with Crippen LogP contribution in [-0.2, 0) is 0 Å². The second kappa shape index (κ2) is 4.33. The van der Waals surface area contributed by atoms with E-state index in [1.165, 1.54) is 12.3 Å². The van der Waals surface area contributed by atoms with Crippen LogP contribution < -0.4 is 0 Å². The van der Waals surface area contributed by atoms with Crippen molar-refractivity contribution < 1.29 is 0 Å². The van der Waals surface area contributed by atoms with Gasteiger partial charge in [-0.25, -0.2) is 11.6 Å². The van der Waals surface area contributed by atoms with Crippen LogP contribution in [0.3, 0.4) is 0 Å². The minimum absolute atomic E-state index is 0.500. The zero-order valence-corrected chi connectivity index (χ0v) is 8.72. The lowest BCUT2D eigenvalue weighted by Crippen LogP contribution is -2.06. The molecule has 0 aromatic heterocycles. The van der Waals surface area contributed by atoms with Gasteiger partial charge in [0.15, 0.2) is 6.56 Å². The lowest BCUT2D eigenvalue weighted by atomic mass is 9.73. The van der Waals surface area contributed by atoms with E-state index in [-0.39, 0.29) is 0 Å². The van der Waals surface area contributed by atoms with E-state index in [1.807, 2.05) is 0 Å². The maximum Gasteiger partial charge on any atom is 0.197 e. The Labute approximate surface area is 70.3 Å². The molecule has 0 aromatic rings. The predicted molar refractivity (Wildman–Crippen MR) is 54.2 cm³/mol. The third kappa shape index (κ3) is 8.41. The number of hydrogen-bond acceptors (Lipinski definition) is 1. The Morgan fingerprint density at radius 3 is 2.10 bits per heavy atom. The van der Waals surface area contributed by atoms with Crippen LogP contribution in [0.1, 0.15) is 34.6 Å². The summed E-state index contributed by atoms with van der Waals surface area (Å²) in [4.78, 5) is 0. The van der Waals surface area contributed by atoms with E-state index in [4.69, 9.17) is 0 Å². The summed E-state index contributed by atoms with van der Waals surface area (Å²) in [5.41, 5.74) is 0. The molecule has 2 heteroatoms. The lowest BCUT2D eigenvalue weighted by molar-refractivity contribution is 0.748. The molecular weight excluding hydrogens is 139 g/mol. The van der Waals surface area contributed by atoms with E-state index >= 15 is 0 Å². The molecule has 0 rings (SSSR count). The minimum Gasteiger partial charge on any atom is -0.214 e. The minimum atomic E-state index is 0.500. The quantitative estimate of drug-likeness (QED) is 0.569. The van der Waals surface area contributed by atoms with Crippen molar-refractivity contribution >= 4 is 18.2 Å². The van der Waals surface area contributed by atoms with Crippen LogP contribution in [0.4, 0.5) is 0 Å². The molecule has 0 aliphatic heterocycles. The zero-order valence-electron chi connectivity index (χ0n) is 7.90. The van der Waals surface area contributed by atoms with Gasteiger partial charge in [-0.3, -0.25) is 0 Å². The Hall–Kier alpha value is 0.415. The largest absolute Gasteiger partial charge is 0.214 e. The van der Waals surface area contributed by atoms with E-state index < -0.39 is 0 Å². The highest BCUT2D eigenvalue weighted by molar-refractivity contribution is 8.22. The highest BCUT2D eigenvalue weighted by Gasteiger charge is 2.12. The number of rotatable bonds is 3. The van der Waals surface area contributed by atoms with Crippen LogP contribution in [0.15, 0.2) is 0 Å². The second-order valence-electron chi connectivity index (χ2n) is 4.47. The molecule has 0 saturated heterocycles. The van der Waals surface area contributed by atoms with Gasteiger partial charge in [0.05, 0.1) is 0 Å². The Morgan fingerprint density at radius 2 is 1.80 bits per heavy atom. The first-order chi connectivity index (χ1) is 4.42. The molecule has 0 amide bonds. The van der Waals surface area contributed by atoms with E-state index in [9.17, 15) is 0 Å². The Morgan fingerprint density at radius 1 is 1.30 bits per heavy atom. The molecule has 0 atom stereocenters. The van der Waals surface area contributed by atoms with Crippen LogP contribution in [0.25, 0.3) is 0 Å². The molecule has 0 spiro atoms. The molecule has 0 heterocycles. The maximum atomic E-state index is 2.29. The summed E-state index contributed by atoms with van der Waals surface area (Å²) in [5, 5.41) is 0.500. The first-order valence-electron chi connectivity index (χ1n) is 3.99. The molecule has 10 heavy (non-hydrogen) atoms. The lowest BCUT2D eigenvalue weighted by Gasteiger charge is -2.16. The molecule has 0 N–H and O–H groups in total. The van der Waals surface area contributed by atoms with E-state index in [2.05, 4.69) is 46.2 Å². The fourth-order valence-corrected chi connectivity index (χ4v) is 1.80. The Bertz CT molecular complexity index is 83.7. The average Bonchev–Trinajstić information content (AvgIpc) is 1.59. The molecule has 0 bridgehead atoms. The van der Waals surface area contributed by atoms with Gasteiger partial charge in [-0.2, -0.15) is 0 Å². The van der Waals surface area contributed by atoms with Crippen molar-refractivity contribution in [2.45, 2.75) is 39.9 Å². The second-order valence-corrected chi connectivity index (χ2v) is 5.50. The van der Waals surface area contributed by atoms with Crippen molar-refractivity contribution in [2.24, 2.45) is 5.92 Å². The molecule has 60 valence electrons. The fourth-order valence-electron chi connectivity index (χ4n) is 0.601. The van der Waals surface area contributed by atoms with Gasteiger partial charge >= 0.3 is 0 Å². The van der Waals surface area contributed by atoms with Gasteiger partial charge in [0, 0.05) is 0 Å². The third-order valence-corrected chi connectivity index (χ3v) is 2.96. The molecule has 0 unspecified atom stereocenters. The first-order valence-corrected chi connectivity index (χ1v) is 5.15. The van der Waals surface area contributed by atoms with Crippen LogP contribution in [0.5, 0.6) is 0 Å². The fraction of sp³-hybridized carbons (Fsp3) is 1.00. The Balaban J connectivity index is 3.21. The van der Waals surface area contributed by atoms with Crippen molar-refractivity contribution in [3.8, 4) is 0 Å². The summed E-state index contributed by atoms with van der Waals surface area (Å²) in [7, 11) is 0. The van der Waals surface area contributed by atoms with Gasteiger partial charge in [0.1, 0.15) is 0 Å². The highest BCUT2D eigenvalue weighted by Crippen LogP contribution is 2.25. The molecule has 0 aliphatic rings. The van der Waals surface area contributed by atoms with Gasteiger partial charge < -0.3 is 0 Å². The van der Waals surface area contributed by atoms with Crippen LogP contribution in [0, 0.1) is 5.92 Å². The maximum absolute atomic E-state index is 2.29. The normalized spacial score (nSPS) is 12.2. The van der Waals surface area contributed by atoms with Crippen molar-refractivity contribution in [2.75, 3.05) is 5.75 Å². The Kier molecular flexibility index (Phi) is 4.50. The first kappa shape index (κ1) is 10.4. The van der Waals surface area contributed by atoms with E-state index in [1.54, 1.807) is 0 Å². The number of hydrogen-bond donors (Lipinski definition) is 0. The molecule has 0 radical (unpaired) electrons. The third-order valence-electron chi connectivity index (χ3n) is 0.986. The van der Waals surface area contributed by atoms with Gasteiger partial charge in [-0.1, -0.05) is 39.9 Å². The molecule has 0 aromatic carbocycles. The molecular formula is C8H19BS. The molecule has 0 fully saturated rings. The van der Waals surface area contributed by atoms with Gasteiger partial charge in [-0.05, 0) is 11.7 Å². The van der Waals surface area contributed by atoms with Gasteiger partial charge in [0.25, 0.3) is 0 Å². The van der Waals surface area contributed by atoms with Gasteiger partial charge in [0.2, 0.25) is 0 Å². The van der Waals surface area contributed by atoms with Crippen molar-refractivity contribution in [1.29, 1.82) is 0 Å². The molecule has 0 aliphatic carbocycles. The average molecular weight is 158 g/mol. The van der Waals surface area contributed by atoms with E-state index in [0.717, 1.165) is 5.92 Å². The van der Waals surface area contributed by atoms with Crippen LogP contribution in [-0.4, -0.2) is 12.3 Å². The van der Waals surface area contributed by atoms with Crippen LogP contribution >= 0.6 is 11.6 Å². The topological polar surface area (TPSA) is 0 Å². The predicted octanol–water partition coefficient (Wildman–Crippen LogP) is 2.95. The summed E-state index contributed by atoms with van der Waals surface area (Å²) in [6.07, 6.45) is 0. The SMILES string of the molecule is CC(C)CSBC(C)(C)C. The summed E-state index contributed by atoms with van der Waals surface area (Å²) < 4.78 is 0. The van der Waals surface area contributed by atoms with Gasteiger partial charge in [-0.15, -0.1) is 0 Å². The summed E-state index contributed by atoms with van der Waals surface area (Å²) >= 11 is 2.07. The summed E-state index contributed by atoms with van der Waals surface area (Å²) in [5.74, 6) is 2.14. The smallest absolute Gasteiger partial charge is 0.197 e. The van der Waals surface area contributed by atoms with Crippen molar-refractivity contribution in [1.82, 2.24) is 0 Å². The van der Waals surface area contributed by atoms with E-state index in [0.29, 0.717) is 5.31 Å². The molecule has 0 nitrogen and oxygen atoms in total. The summed E-state index contributed by atoms with van der Waals surface area (Å²) in [6, 6.07) is 0. The van der Waals surface area contributed by atoms with Crippen molar-refractivity contribution in [3.05, 3.63) is 0 Å². The zero-order chi connectivity index (χ0) is 8.20.